The number of hydrogen-bond acceptors (Lipinski definition) is 6. The third-order valence-corrected chi connectivity index (χ3v) is 5.04. The fraction of sp³-hybridized carbons (Fsp3) is 0.200. The molecule has 2 heterocycles. The van der Waals surface area contributed by atoms with Crippen molar-refractivity contribution in [2.45, 2.75) is 12.6 Å². The van der Waals surface area contributed by atoms with Gasteiger partial charge in [-0.2, -0.15) is 13.2 Å². The number of thiophene rings is 1. The maximum absolute atomic E-state index is 13.6. The molecule has 0 spiro atoms. The van der Waals surface area contributed by atoms with E-state index in [-0.39, 0.29) is 17.4 Å². The summed E-state index contributed by atoms with van der Waals surface area (Å²) in [4.78, 5) is 40.6. The highest BCUT2D eigenvalue weighted by molar-refractivity contribution is 7.09. The molecule has 0 radical (unpaired) electrons. The average Bonchev–Trinajstić information content (AvgIpc) is 3.24. The molecule has 7 nitrogen and oxygen atoms in total. The largest absolute Gasteiger partial charge is 0.452 e. The molecule has 31 heavy (non-hydrogen) atoms. The van der Waals surface area contributed by atoms with Crippen molar-refractivity contribution in [3.8, 4) is 0 Å². The van der Waals surface area contributed by atoms with E-state index in [1.807, 2.05) is 22.8 Å². The van der Waals surface area contributed by atoms with Crippen LogP contribution in [0.25, 0.3) is 10.9 Å². The predicted molar refractivity (Wildman–Crippen MR) is 107 cm³/mol. The first-order valence-electron chi connectivity index (χ1n) is 8.98. The van der Waals surface area contributed by atoms with E-state index >= 15 is 0 Å². The van der Waals surface area contributed by atoms with Crippen LogP contribution in [0.5, 0.6) is 0 Å². The molecule has 2 N–H and O–H groups in total. The summed E-state index contributed by atoms with van der Waals surface area (Å²) < 4.78 is 45.4. The quantitative estimate of drug-likeness (QED) is 0.559. The van der Waals surface area contributed by atoms with Crippen molar-refractivity contribution in [2.75, 3.05) is 13.2 Å². The van der Waals surface area contributed by atoms with Crippen molar-refractivity contribution in [2.24, 2.45) is 0 Å². The molecule has 0 aliphatic rings. The van der Waals surface area contributed by atoms with Crippen LogP contribution >= 0.6 is 11.3 Å². The van der Waals surface area contributed by atoms with Crippen LogP contribution in [0, 0.1) is 0 Å². The van der Waals surface area contributed by atoms with E-state index in [0.29, 0.717) is 6.42 Å². The number of carbonyl (C=O) groups is 3. The Balaban J connectivity index is 1.58. The monoisotopic (exact) mass is 451 g/mol. The number of fused-ring (bicyclic) bond motifs is 1. The number of nitrogens with zero attached hydrogens (tertiary/aromatic N) is 1. The maximum atomic E-state index is 13.6. The summed E-state index contributed by atoms with van der Waals surface area (Å²) in [5.74, 6) is -2.36. The predicted octanol–water partition coefficient (Wildman–Crippen LogP) is 3.54. The van der Waals surface area contributed by atoms with Crippen molar-refractivity contribution >= 4 is 40.1 Å². The number of imide groups is 1. The van der Waals surface area contributed by atoms with E-state index in [4.69, 9.17) is 0 Å². The zero-order chi connectivity index (χ0) is 22.4. The third kappa shape index (κ3) is 5.79. The molecular formula is C20H16F3N3O4S. The van der Waals surface area contributed by atoms with E-state index in [2.05, 4.69) is 15.0 Å². The van der Waals surface area contributed by atoms with Gasteiger partial charge in [0.05, 0.1) is 16.6 Å². The highest BCUT2D eigenvalue weighted by Gasteiger charge is 2.38. The lowest BCUT2D eigenvalue weighted by Crippen LogP contribution is -2.42. The van der Waals surface area contributed by atoms with E-state index in [0.717, 1.165) is 11.1 Å². The van der Waals surface area contributed by atoms with Crippen LogP contribution in [0.15, 0.2) is 48.0 Å². The van der Waals surface area contributed by atoms with Gasteiger partial charge in [0.15, 0.2) is 6.61 Å². The zero-order valence-corrected chi connectivity index (χ0v) is 16.7. The van der Waals surface area contributed by atoms with Crippen LogP contribution in [0.3, 0.4) is 0 Å². The Morgan fingerprint density at radius 2 is 1.87 bits per heavy atom. The standard InChI is InChI=1S/C20H16F3N3O4S/c21-20(22,23)17-13-5-1-2-6-15(13)25-10-14(17)18(28)30-11-16(27)26-19(29)24-8-7-12-4-3-9-31-12/h1-6,9-10H,7-8,11H2,(H2,24,26,27,29). The lowest BCUT2D eigenvalue weighted by Gasteiger charge is -2.14. The molecule has 162 valence electrons. The molecule has 3 rings (SSSR count). The van der Waals surface area contributed by atoms with Gasteiger partial charge in [0, 0.05) is 23.0 Å². The average molecular weight is 451 g/mol. The number of hydrogen-bond donors (Lipinski definition) is 2. The van der Waals surface area contributed by atoms with Crippen LogP contribution in [0.4, 0.5) is 18.0 Å². The van der Waals surface area contributed by atoms with Gasteiger partial charge < -0.3 is 10.1 Å². The molecule has 11 heteroatoms. The Hall–Kier alpha value is -3.47. The zero-order valence-electron chi connectivity index (χ0n) is 15.9. The van der Waals surface area contributed by atoms with Gasteiger partial charge in [-0.3, -0.25) is 15.1 Å². The molecule has 3 amide bonds. The van der Waals surface area contributed by atoms with Crippen molar-refractivity contribution in [1.82, 2.24) is 15.6 Å². The van der Waals surface area contributed by atoms with Gasteiger partial charge in [-0.1, -0.05) is 24.3 Å². The molecule has 0 saturated heterocycles. The topological polar surface area (TPSA) is 97.4 Å². The number of para-hydroxylation sites is 1. The summed E-state index contributed by atoms with van der Waals surface area (Å²) in [6.07, 6.45) is -3.52. The highest BCUT2D eigenvalue weighted by atomic mass is 32.1. The van der Waals surface area contributed by atoms with Crippen molar-refractivity contribution in [3.63, 3.8) is 0 Å². The minimum Gasteiger partial charge on any atom is -0.452 e. The van der Waals surface area contributed by atoms with Gasteiger partial charge >= 0.3 is 18.2 Å². The fourth-order valence-corrected chi connectivity index (χ4v) is 3.48. The summed E-state index contributed by atoms with van der Waals surface area (Å²) >= 11 is 1.52. The Bertz CT molecular complexity index is 1100. The number of carbonyl (C=O) groups excluding carboxylic acids is 3. The minimum absolute atomic E-state index is 0.0586. The van der Waals surface area contributed by atoms with Crippen LogP contribution in [0.2, 0.25) is 0 Å². The number of aromatic nitrogens is 1. The van der Waals surface area contributed by atoms with Crippen molar-refractivity contribution < 1.29 is 32.3 Å². The minimum atomic E-state index is -4.85. The summed E-state index contributed by atoms with van der Waals surface area (Å²) in [6, 6.07) is 8.43. The second kappa shape index (κ2) is 9.56. The van der Waals surface area contributed by atoms with Gasteiger partial charge in [-0.15, -0.1) is 11.3 Å². The van der Waals surface area contributed by atoms with Crippen molar-refractivity contribution in [3.05, 3.63) is 64.0 Å². The molecular weight excluding hydrogens is 435 g/mol. The Kier molecular flexibility index (Phi) is 6.85. The molecule has 3 aromatic rings. The van der Waals surface area contributed by atoms with E-state index < -0.39 is 41.8 Å². The number of amides is 3. The lowest BCUT2D eigenvalue weighted by atomic mass is 10.0. The van der Waals surface area contributed by atoms with E-state index in [1.54, 1.807) is 0 Å². The second-order valence-corrected chi connectivity index (χ2v) is 7.30. The van der Waals surface area contributed by atoms with E-state index in [1.165, 1.54) is 35.6 Å². The number of esters is 1. The molecule has 0 bridgehead atoms. The number of nitrogens with one attached hydrogen (secondary N) is 2. The summed E-state index contributed by atoms with van der Waals surface area (Å²) in [7, 11) is 0. The van der Waals surface area contributed by atoms with Gasteiger partial charge in [0.25, 0.3) is 5.91 Å². The van der Waals surface area contributed by atoms with Crippen LogP contribution in [-0.4, -0.2) is 36.0 Å². The van der Waals surface area contributed by atoms with Gasteiger partial charge in [0.1, 0.15) is 0 Å². The first-order valence-corrected chi connectivity index (χ1v) is 9.86. The first-order chi connectivity index (χ1) is 14.8. The number of alkyl halides is 3. The van der Waals surface area contributed by atoms with Crippen LogP contribution in [0.1, 0.15) is 20.8 Å². The normalized spacial score (nSPS) is 11.2. The molecule has 0 fully saturated rings. The number of benzene rings is 1. The van der Waals surface area contributed by atoms with E-state index in [9.17, 15) is 27.6 Å². The highest BCUT2D eigenvalue weighted by Crippen LogP contribution is 2.36. The summed E-state index contributed by atoms with van der Waals surface area (Å²) in [6.45, 7) is -0.654. The van der Waals surface area contributed by atoms with Crippen LogP contribution < -0.4 is 10.6 Å². The number of rotatable bonds is 6. The fourth-order valence-electron chi connectivity index (χ4n) is 2.77. The second-order valence-electron chi connectivity index (χ2n) is 6.27. The molecule has 1 aromatic carbocycles. The summed E-state index contributed by atoms with van der Waals surface area (Å²) in [5.41, 5.74) is -1.96. The number of ether oxygens (including phenoxy) is 1. The molecule has 0 saturated carbocycles. The van der Waals surface area contributed by atoms with Crippen molar-refractivity contribution in [1.29, 1.82) is 0 Å². The molecule has 2 aromatic heterocycles. The van der Waals surface area contributed by atoms with Gasteiger partial charge in [-0.25, -0.2) is 9.59 Å². The number of urea groups is 1. The Labute approximate surface area is 178 Å². The van der Waals surface area contributed by atoms with Gasteiger partial charge in [0.2, 0.25) is 0 Å². The molecule has 0 aliphatic carbocycles. The molecule has 0 unspecified atom stereocenters. The smallest absolute Gasteiger partial charge is 0.417 e. The number of halogens is 3. The first kappa shape index (κ1) is 22.2. The third-order valence-electron chi connectivity index (χ3n) is 4.10. The molecule has 0 aliphatic heterocycles. The Morgan fingerprint density at radius 3 is 2.58 bits per heavy atom. The Morgan fingerprint density at radius 1 is 1.10 bits per heavy atom. The SMILES string of the molecule is O=C(COC(=O)c1cnc2ccccc2c1C(F)(F)F)NC(=O)NCCc1cccs1. The van der Waals surface area contributed by atoms with Gasteiger partial charge in [-0.05, 0) is 23.9 Å². The lowest BCUT2D eigenvalue weighted by molar-refractivity contribution is -0.136. The van der Waals surface area contributed by atoms with Crippen LogP contribution in [-0.2, 0) is 22.1 Å². The summed E-state index contributed by atoms with van der Waals surface area (Å²) in [5, 5.41) is 6.02. The number of pyridine rings is 1. The molecule has 0 atom stereocenters. The maximum Gasteiger partial charge on any atom is 0.417 e.